The molecule has 1 aromatic rings. The summed E-state index contributed by atoms with van der Waals surface area (Å²) in [5.41, 5.74) is 1.02. The number of nitrogens with one attached hydrogen (secondary N) is 3. The topological polar surface area (TPSA) is 79.5 Å². The van der Waals surface area contributed by atoms with E-state index in [2.05, 4.69) is 16.0 Å². The second-order valence-corrected chi connectivity index (χ2v) is 5.95. The molecule has 3 rings (SSSR count). The van der Waals surface area contributed by atoms with Crippen molar-refractivity contribution < 1.29 is 14.3 Å². The fourth-order valence-electron chi connectivity index (χ4n) is 2.72. The Morgan fingerprint density at radius 2 is 2.26 bits per heavy atom. The first-order valence-corrected chi connectivity index (χ1v) is 7.79. The lowest BCUT2D eigenvalue weighted by Crippen LogP contribution is -2.26. The van der Waals surface area contributed by atoms with E-state index in [0.29, 0.717) is 34.6 Å². The van der Waals surface area contributed by atoms with Crippen molar-refractivity contribution in [3.05, 3.63) is 17.2 Å². The minimum Gasteiger partial charge on any atom is -0.482 e. The minimum absolute atomic E-state index is 0. The van der Waals surface area contributed by atoms with Gasteiger partial charge in [-0.15, -0.1) is 12.4 Å². The quantitative estimate of drug-likeness (QED) is 0.771. The average molecular weight is 360 g/mol. The van der Waals surface area contributed by atoms with E-state index < -0.39 is 0 Å². The van der Waals surface area contributed by atoms with Crippen molar-refractivity contribution in [2.24, 2.45) is 0 Å². The van der Waals surface area contributed by atoms with Gasteiger partial charge in [0.15, 0.2) is 6.61 Å². The number of anilines is 2. The molecule has 1 unspecified atom stereocenters. The van der Waals surface area contributed by atoms with Gasteiger partial charge in [0.2, 0.25) is 5.91 Å². The second kappa shape index (κ2) is 7.86. The van der Waals surface area contributed by atoms with Crippen LogP contribution in [0.15, 0.2) is 12.1 Å². The van der Waals surface area contributed by atoms with Gasteiger partial charge in [0.05, 0.1) is 16.4 Å². The molecule has 23 heavy (non-hydrogen) atoms. The molecule has 2 amide bonds. The van der Waals surface area contributed by atoms with Crippen LogP contribution in [0.1, 0.15) is 25.7 Å². The van der Waals surface area contributed by atoms with E-state index in [9.17, 15) is 9.59 Å². The number of carbonyl (C=O) groups excluding carboxylic acids is 2. The van der Waals surface area contributed by atoms with E-state index in [4.69, 9.17) is 16.3 Å². The maximum absolute atomic E-state index is 12.0. The second-order valence-electron chi connectivity index (χ2n) is 5.55. The molecule has 2 aliphatic rings. The molecule has 1 fully saturated rings. The molecule has 8 heteroatoms. The SMILES string of the molecule is Cl.O=C(CCC1CCCN1)Nc1cc2c(cc1Cl)NC(=O)CO2. The zero-order chi connectivity index (χ0) is 15.5. The molecule has 0 bridgehead atoms. The van der Waals surface area contributed by atoms with Crippen LogP contribution in [0.25, 0.3) is 0 Å². The number of carbonyl (C=O) groups is 2. The van der Waals surface area contributed by atoms with Crippen LogP contribution in [0, 0.1) is 0 Å². The lowest BCUT2D eigenvalue weighted by atomic mass is 10.1. The van der Waals surface area contributed by atoms with Gasteiger partial charge in [-0.3, -0.25) is 9.59 Å². The summed E-state index contributed by atoms with van der Waals surface area (Å²) in [4.78, 5) is 23.3. The number of ether oxygens (including phenoxy) is 1. The van der Waals surface area contributed by atoms with Crippen molar-refractivity contribution in [1.29, 1.82) is 0 Å². The molecular weight excluding hydrogens is 341 g/mol. The van der Waals surface area contributed by atoms with Crippen LogP contribution in [0.5, 0.6) is 5.75 Å². The smallest absolute Gasteiger partial charge is 0.262 e. The molecule has 0 spiro atoms. The number of benzene rings is 1. The maximum atomic E-state index is 12.0. The fourth-order valence-corrected chi connectivity index (χ4v) is 2.93. The predicted molar refractivity (Wildman–Crippen MR) is 91.7 cm³/mol. The first-order valence-electron chi connectivity index (χ1n) is 7.41. The van der Waals surface area contributed by atoms with Gasteiger partial charge in [0.25, 0.3) is 5.91 Å². The van der Waals surface area contributed by atoms with E-state index in [1.165, 1.54) is 6.42 Å². The molecule has 0 saturated carbocycles. The lowest BCUT2D eigenvalue weighted by Gasteiger charge is -2.19. The summed E-state index contributed by atoms with van der Waals surface area (Å²) in [7, 11) is 0. The van der Waals surface area contributed by atoms with Crippen molar-refractivity contribution in [2.45, 2.75) is 31.7 Å². The molecule has 0 aromatic heterocycles. The number of fused-ring (bicyclic) bond motifs is 1. The van der Waals surface area contributed by atoms with E-state index >= 15 is 0 Å². The van der Waals surface area contributed by atoms with Crippen LogP contribution in [0.3, 0.4) is 0 Å². The average Bonchev–Trinajstić information content (AvgIpc) is 2.99. The fraction of sp³-hybridized carbons (Fsp3) is 0.467. The van der Waals surface area contributed by atoms with Crippen LogP contribution < -0.4 is 20.7 Å². The Labute approximate surface area is 145 Å². The van der Waals surface area contributed by atoms with E-state index in [1.54, 1.807) is 12.1 Å². The summed E-state index contributed by atoms with van der Waals surface area (Å²) in [5.74, 6) is 0.219. The number of amides is 2. The highest BCUT2D eigenvalue weighted by Crippen LogP contribution is 2.36. The molecule has 126 valence electrons. The molecule has 2 aliphatic heterocycles. The lowest BCUT2D eigenvalue weighted by molar-refractivity contribution is -0.118. The zero-order valence-electron chi connectivity index (χ0n) is 12.5. The van der Waals surface area contributed by atoms with Gasteiger partial charge in [-0.25, -0.2) is 0 Å². The first-order chi connectivity index (χ1) is 10.6. The Hall–Kier alpha value is -1.50. The Kier molecular flexibility index (Phi) is 6.10. The van der Waals surface area contributed by atoms with Gasteiger partial charge in [-0.2, -0.15) is 0 Å². The van der Waals surface area contributed by atoms with Crippen LogP contribution in [0.2, 0.25) is 5.02 Å². The maximum Gasteiger partial charge on any atom is 0.262 e. The van der Waals surface area contributed by atoms with Gasteiger partial charge < -0.3 is 20.7 Å². The van der Waals surface area contributed by atoms with Crippen molar-refractivity contribution in [3.63, 3.8) is 0 Å². The molecule has 6 nitrogen and oxygen atoms in total. The van der Waals surface area contributed by atoms with Crippen LogP contribution >= 0.6 is 24.0 Å². The highest BCUT2D eigenvalue weighted by molar-refractivity contribution is 6.34. The summed E-state index contributed by atoms with van der Waals surface area (Å²) < 4.78 is 5.32. The normalized spacial score (nSPS) is 19.2. The summed E-state index contributed by atoms with van der Waals surface area (Å²) in [6, 6.07) is 3.66. The summed E-state index contributed by atoms with van der Waals surface area (Å²) in [5, 5.41) is 9.22. The van der Waals surface area contributed by atoms with Gasteiger partial charge in [-0.05, 0) is 31.9 Å². The van der Waals surface area contributed by atoms with Crippen molar-refractivity contribution >= 4 is 47.2 Å². The highest BCUT2D eigenvalue weighted by atomic mass is 35.5. The molecule has 2 heterocycles. The summed E-state index contributed by atoms with van der Waals surface area (Å²) in [6.45, 7) is 1.00. The number of hydrogen-bond acceptors (Lipinski definition) is 4. The van der Waals surface area contributed by atoms with Crippen LogP contribution in [-0.2, 0) is 9.59 Å². The number of hydrogen-bond donors (Lipinski definition) is 3. The largest absolute Gasteiger partial charge is 0.482 e. The van der Waals surface area contributed by atoms with E-state index in [-0.39, 0.29) is 30.8 Å². The molecule has 0 radical (unpaired) electrons. The van der Waals surface area contributed by atoms with Crippen molar-refractivity contribution in [2.75, 3.05) is 23.8 Å². The molecule has 1 atom stereocenters. The van der Waals surface area contributed by atoms with Crippen molar-refractivity contribution in [3.8, 4) is 5.75 Å². The van der Waals surface area contributed by atoms with Crippen molar-refractivity contribution in [1.82, 2.24) is 5.32 Å². The predicted octanol–water partition coefficient (Wildman–Crippen LogP) is 2.56. The molecule has 0 aliphatic carbocycles. The highest BCUT2D eigenvalue weighted by Gasteiger charge is 2.20. The molecular formula is C15H19Cl2N3O3. The molecule has 3 N–H and O–H groups in total. The van der Waals surface area contributed by atoms with E-state index in [0.717, 1.165) is 19.4 Å². The third kappa shape index (κ3) is 4.50. The Morgan fingerprint density at radius 1 is 1.43 bits per heavy atom. The Morgan fingerprint density at radius 3 is 3.00 bits per heavy atom. The zero-order valence-corrected chi connectivity index (χ0v) is 14.1. The van der Waals surface area contributed by atoms with Gasteiger partial charge in [-0.1, -0.05) is 11.6 Å². The number of halogens is 2. The standard InChI is InChI=1S/C15H18ClN3O3.ClH/c16-10-6-12-13(22-8-15(21)19-12)7-11(10)18-14(20)4-3-9-2-1-5-17-9;/h6-7,9,17H,1-5,8H2,(H,18,20)(H,19,21);1H. The Balaban J connectivity index is 0.00000192. The monoisotopic (exact) mass is 359 g/mol. The Bertz CT molecular complexity index is 604. The third-order valence-electron chi connectivity index (χ3n) is 3.86. The van der Waals surface area contributed by atoms with Gasteiger partial charge in [0.1, 0.15) is 5.75 Å². The first kappa shape index (κ1) is 17.8. The molecule has 1 aromatic carbocycles. The van der Waals surface area contributed by atoms with Gasteiger partial charge in [0, 0.05) is 18.5 Å². The van der Waals surface area contributed by atoms with Crippen LogP contribution in [-0.4, -0.2) is 31.0 Å². The number of rotatable bonds is 4. The molecule has 1 saturated heterocycles. The third-order valence-corrected chi connectivity index (χ3v) is 4.17. The summed E-state index contributed by atoms with van der Waals surface area (Å²) >= 11 is 6.15. The van der Waals surface area contributed by atoms with Crippen LogP contribution in [0.4, 0.5) is 11.4 Å². The summed E-state index contributed by atoms with van der Waals surface area (Å²) in [6.07, 6.45) is 3.57. The van der Waals surface area contributed by atoms with Gasteiger partial charge >= 0.3 is 0 Å². The van der Waals surface area contributed by atoms with E-state index in [1.807, 2.05) is 0 Å². The minimum atomic E-state index is -0.218.